The van der Waals surface area contributed by atoms with Crippen molar-refractivity contribution in [2.24, 2.45) is 0 Å². The lowest BCUT2D eigenvalue weighted by Crippen LogP contribution is -2.62. The summed E-state index contributed by atoms with van der Waals surface area (Å²) in [6.07, 6.45) is 0. The molecule has 0 amide bonds. The third-order valence-corrected chi connectivity index (χ3v) is 47.4. The van der Waals surface area contributed by atoms with Crippen LogP contribution < -0.4 is 0 Å². The van der Waals surface area contributed by atoms with Crippen LogP contribution in [0.2, 0.25) is 139 Å². The zero-order valence-corrected chi connectivity index (χ0v) is 39.9. The van der Waals surface area contributed by atoms with Crippen molar-refractivity contribution in [1.29, 1.82) is 0 Å². The number of rotatable bonds is 10. The van der Waals surface area contributed by atoms with Crippen LogP contribution in [0.5, 0.6) is 0 Å². The summed E-state index contributed by atoms with van der Waals surface area (Å²) in [6, 6.07) is 4.60. The molecule has 1 saturated heterocycles. The van der Waals surface area contributed by atoms with E-state index >= 15 is 0 Å². The minimum absolute atomic E-state index is 0.654. The molecule has 1 rings (SSSR count). The predicted molar refractivity (Wildman–Crippen MR) is 197 cm³/mol. The molecule has 0 radical (unpaired) electrons. The minimum atomic E-state index is -2.70. The summed E-state index contributed by atoms with van der Waals surface area (Å²) in [5.41, 5.74) is 1.31. The highest BCUT2D eigenvalue weighted by Gasteiger charge is 2.52. The molecule has 0 aromatic rings. The molecule has 18 heteroatoms. The summed E-state index contributed by atoms with van der Waals surface area (Å²) in [6.45, 7) is 34.9. The molecule has 0 aliphatic carbocycles. The Kier molecular flexibility index (Phi) is 15.0. The molecule has 0 aromatic heterocycles. The molecule has 0 bridgehead atoms. The monoisotopic (exact) mass is 760 g/mol. The molecule has 0 saturated carbocycles. The SMILES string of the molecule is CC[Si](=O)C[Si]1(C)CC[Si](C)(C[Si](=O)CC)O[Si](C)(C)O[Si](C)(O[Si](C)(C)C)CC[Si](C)(O[Si](C)(C)C)O[Si](C)(C)O1. The second-order valence-electron chi connectivity index (χ2n) is 15.9. The highest BCUT2D eigenvalue weighted by Crippen LogP contribution is 2.38. The van der Waals surface area contributed by atoms with Gasteiger partial charge >= 0.3 is 34.2 Å². The standard InChI is InChI=1S/C24H64O8Si10/c1-17-33(25)23-39(13)19-20-40(14,24-34(26)18-2)30-38(11,12)32-42(16,28-36(6,7)8)22-21-41(15,27-35(3,4)5)31-37(9,10)29-39/h17-24H2,1-16H3. The molecule has 8 nitrogen and oxygen atoms in total. The summed E-state index contributed by atoms with van der Waals surface area (Å²) in [5.74, 6) is 0. The van der Waals surface area contributed by atoms with Crippen LogP contribution in [0.3, 0.4) is 0 Å². The maximum absolute atomic E-state index is 13.1. The Morgan fingerprint density at radius 3 is 1.07 bits per heavy atom. The second-order valence-corrected chi connectivity index (χ2v) is 53.6. The van der Waals surface area contributed by atoms with Crippen LogP contribution in [-0.4, -0.2) is 84.9 Å². The molecule has 4 atom stereocenters. The van der Waals surface area contributed by atoms with E-state index in [9.17, 15) is 8.92 Å². The van der Waals surface area contributed by atoms with E-state index in [2.05, 4.69) is 91.7 Å². The van der Waals surface area contributed by atoms with E-state index in [0.29, 0.717) is 23.4 Å². The van der Waals surface area contributed by atoms with Gasteiger partial charge in [0, 0.05) is 11.3 Å². The van der Waals surface area contributed by atoms with Gasteiger partial charge in [0.05, 0.1) is 0 Å². The van der Waals surface area contributed by atoms with Crippen molar-refractivity contribution in [3.63, 3.8) is 0 Å². The number of hydrogen-bond donors (Lipinski definition) is 0. The third kappa shape index (κ3) is 15.9. The summed E-state index contributed by atoms with van der Waals surface area (Å²) in [4.78, 5) is 0. The van der Waals surface area contributed by atoms with Crippen LogP contribution >= 0.6 is 0 Å². The van der Waals surface area contributed by atoms with Crippen LogP contribution in [0, 0.1) is 0 Å². The van der Waals surface area contributed by atoms with E-state index in [1.165, 1.54) is 0 Å². The van der Waals surface area contributed by atoms with Crippen molar-refractivity contribution in [2.75, 3.05) is 0 Å². The zero-order valence-electron chi connectivity index (χ0n) is 29.9. The van der Waals surface area contributed by atoms with Crippen molar-refractivity contribution >= 4 is 84.9 Å². The molecule has 1 aliphatic heterocycles. The zero-order chi connectivity index (χ0) is 33.1. The van der Waals surface area contributed by atoms with Gasteiger partial charge in [-0.2, -0.15) is 0 Å². The van der Waals surface area contributed by atoms with Gasteiger partial charge in [-0.25, -0.2) is 0 Å². The first-order valence-corrected chi connectivity index (χ1v) is 42.6. The van der Waals surface area contributed by atoms with E-state index in [4.69, 9.17) is 24.7 Å². The Morgan fingerprint density at radius 1 is 0.548 bits per heavy atom. The van der Waals surface area contributed by atoms with Gasteiger partial charge in [-0.1, -0.05) is 13.8 Å². The first kappa shape index (κ1) is 41.6. The Balaban J connectivity index is 3.77. The van der Waals surface area contributed by atoms with Crippen molar-refractivity contribution in [1.82, 2.24) is 0 Å². The van der Waals surface area contributed by atoms with Gasteiger partial charge in [0.25, 0.3) is 17.4 Å². The smallest absolute Gasteiger partial charge is 0.315 e. The molecule has 42 heavy (non-hydrogen) atoms. The Labute approximate surface area is 270 Å². The first-order chi connectivity index (χ1) is 18.6. The Hall–Kier alpha value is 1.53. The van der Waals surface area contributed by atoms with Crippen LogP contribution in [0.15, 0.2) is 0 Å². The summed E-state index contributed by atoms with van der Waals surface area (Å²) in [7, 11) is -23.1. The van der Waals surface area contributed by atoms with E-state index in [0.717, 1.165) is 24.2 Å². The van der Waals surface area contributed by atoms with Gasteiger partial charge in [-0.05, 0) is 128 Å². The molecule has 0 aromatic carbocycles. The third-order valence-electron chi connectivity index (χ3n) is 7.10. The van der Waals surface area contributed by atoms with Gasteiger partial charge in [0.15, 0.2) is 33.3 Å². The van der Waals surface area contributed by atoms with Crippen molar-refractivity contribution in [2.45, 2.75) is 153 Å². The van der Waals surface area contributed by atoms with Crippen LogP contribution in [0.25, 0.3) is 0 Å². The average molecular weight is 762 g/mol. The molecule has 1 heterocycles. The van der Waals surface area contributed by atoms with E-state index in [1.807, 2.05) is 13.8 Å². The van der Waals surface area contributed by atoms with Crippen LogP contribution in [-0.2, 0) is 33.6 Å². The van der Waals surface area contributed by atoms with Gasteiger partial charge in [0.1, 0.15) is 0 Å². The lowest BCUT2D eigenvalue weighted by atomic mass is 10.9. The maximum Gasteiger partial charge on any atom is 0.315 e. The van der Waals surface area contributed by atoms with Crippen LogP contribution in [0.1, 0.15) is 13.8 Å². The van der Waals surface area contributed by atoms with Gasteiger partial charge < -0.3 is 33.6 Å². The Bertz CT molecular complexity index is 869. The van der Waals surface area contributed by atoms with Gasteiger partial charge in [0.2, 0.25) is 0 Å². The topological polar surface area (TPSA) is 89.5 Å². The largest absolute Gasteiger partial charge is 0.437 e. The lowest BCUT2D eigenvalue weighted by Gasteiger charge is -2.47. The fourth-order valence-corrected chi connectivity index (χ4v) is 58.8. The predicted octanol–water partition coefficient (Wildman–Crippen LogP) is 8.43. The summed E-state index contributed by atoms with van der Waals surface area (Å²) in [5, 5.41) is 0. The van der Waals surface area contributed by atoms with Crippen molar-refractivity contribution in [3.05, 3.63) is 0 Å². The van der Waals surface area contributed by atoms with Crippen LogP contribution in [0.4, 0.5) is 0 Å². The van der Waals surface area contributed by atoms with E-state index < -0.39 is 84.9 Å². The molecule has 1 aliphatic rings. The van der Waals surface area contributed by atoms with Gasteiger partial charge in [-0.15, -0.1) is 0 Å². The molecular weight excluding hydrogens is 697 g/mol. The first-order valence-electron chi connectivity index (χ1n) is 15.8. The normalized spacial score (nSPS) is 33.5. The van der Waals surface area contributed by atoms with E-state index in [-0.39, 0.29) is 0 Å². The molecule has 0 N–H and O–H groups in total. The Morgan fingerprint density at radius 2 is 0.833 bits per heavy atom. The van der Waals surface area contributed by atoms with Gasteiger partial charge in [-0.3, -0.25) is 0 Å². The van der Waals surface area contributed by atoms with Crippen molar-refractivity contribution < 1.29 is 33.6 Å². The minimum Gasteiger partial charge on any atom is -0.437 e. The maximum atomic E-state index is 13.1. The highest BCUT2D eigenvalue weighted by molar-refractivity contribution is 6.95. The van der Waals surface area contributed by atoms with E-state index in [1.54, 1.807) is 0 Å². The highest BCUT2D eigenvalue weighted by atomic mass is 28.5. The summed E-state index contributed by atoms with van der Waals surface area (Å²) < 4.78 is 68.7. The fraction of sp³-hybridized carbons (Fsp3) is 1.00. The lowest BCUT2D eigenvalue weighted by molar-refractivity contribution is 0.306. The average Bonchev–Trinajstić information content (AvgIpc) is 2.71. The second kappa shape index (κ2) is 15.2. The molecule has 1 fully saturated rings. The fourth-order valence-electron chi connectivity index (χ4n) is 6.23. The van der Waals surface area contributed by atoms with Crippen molar-refractivity contribution in [3.8, 4) is 0 Å². The quantitative estimate of drug-likeness (QED) is 0.205. The number of hydrogen-bond acceptors (Lipinski definition) is 8. The molecule has 248 valence electrons. The summed E-state index contributed by atoms with van der Waals surface area (Å²) >= 11 is 0. The molecule has 4 unspecified atom stereocenters. The molecule has 0 spiro atoms. The molecular formula is C24H64O8Si10.